The first-order chi connectivity index (χ1) is 14.6. The molecule has 3 atom stereocenters. The van der Waals surface area contributed by atoms with Crippen molar-refractivity contribution < 1.29 is 14.4 Å². The molecule has 2 N–H and O–H groups in total. The number of carbonyl (C=O) groups is 3. The first-order valence-corrected chi connectivity index (χ1v) is 11.6. The Kier molecular flexibility index (Phi) is 6.70. The predicted octanol–water partition coefficient (Wildman–Crippen LogP) is 3.03. The largest absolute Gasteiger partial charge is 0.352 e. The average molecular weight is 412 g/mol. The smallest absolute Gasteiger partial charge is 0.254 e. The van der Waals surface area contributed by atoms with Gasteiger partial charge in [-0.2, -0.15) is 0 Å². The van der Waals surface area contributed by atoms with Gasteiger partial charge in [-0.05, 0) is 50.2 Å². The van der Waals surface area contributed by atoms with Gasteiger partial charge in [0.05, 0.1) is 6.54 Å². The van der Waals surface area contributed by atoms with Crippen molar-refractivity contribution in [2.45, 2.75) is 82.3 Å². The third-order valence-corrected chi connectivity index (χ3v) is 7.04. The van der Waals surface area contributed by atoms with E-state index >= 15 is 0 Å². The summed E-state index contributed by atoms with van der Waals surface area (Å²) in [5.74, 6) is -0.0332. The van der Waals surface area contributed by atoms with Gasteiger partial charge < -0.3 is 15.5 Å². The van der Waals surface area contributed by atoms with E-state index in [4.69, 9.17) is 0 Å². The Labute approximate surface area is 178 Å². The molecule has 3 unspecified atom stereocenters. The number of likely N-dealkylation sites (tertiary alicyclic amines) is 1. The van der Waals surface area contributed by atoms with E-state index in [1.165, 1.54) is 6.42 Å². The highest BCUT2D eigenvalue weighted by Crippen LogP contribution is 2.40. The molecule has 2 saturated carbocycles. The lowest BCUT2D eigenvalue weighted by atomic mass is 9.84. The molecule has 162 valence electrons. The van der Waals surface area contributed by atoms with Crippen molar-refractivity contribution >= 4 is 17.7 Å². The van der Waals surface area contributed by atoms with E-state index in [1.807, 2.05) is 35.2 Å². The molecule has 1 aromatic rings. The Morgan fingerprint density at radius 1 is 0.900 bits per heavy atom. The van der Waals surface area contributed by atoms with Gasteiger partial charge in [-0.15, -0.1) is 0 Å². The zero-order valence-corrected chi connectivity index (χ0v) is 17.6. The molecule has 2 aliphatic carbocycles. The van der Waals surface area contributed by atoms with Crippen LogP contribution in [0, 0.1) is 5.92 Å². The number of nitrogens with zero attached hydrogens (tertiary/aromatic N) is 1. The lowest BCUT2D eigenvalue weighted by Gasteiger charge is -2.33. The van der Waals surface area contributed by atoms with Crippen LogP contribution in [0.5, 0.6) is 0 Å². The second kappa shape index (κ2) is 9.63. The molecule has 1 saturated heterocycles. The zero-order chi connectivity index (χ0) is 20.9. The minimum atomic E-state index is -0.492. The number of carbonyl (C=O) groups excluding carboxylic acids is 3. The molecule has 6 heteroatoms. The Morgan fingerprint density at radius 3 is 2.37 bits per heavy atom. The van der Waals surface area contributed by atoms with Crippen LogP contribution in [0.25, 0.3) is 0 Å². The van der Waals surface area contributed by atoms with Crippen molar-refractivity contribution in [2.75, 3.05) is 6.54 Å². The molecule has 3 aliphatic rings. The topological polar surface area (TPSA) is 78.5 Å². The summed E-state index contributed by atoms with van der Waals surface area (Å²) in [4.78, 5) is 40.5. The van der Waals surface area contributed by atoms with Crippen LogP contribution in [0.2, 0.25) is 0 Å². The van der Waals surface area contributed by atoms with Crippen molar-refractivity contribution in [3.05, 3.63) is 35.9 Å². The van der Waals surface area contributed by atoms with Crippen molar-refractivity contribution in [3.63, 3.8) is 0 Å². The van der Waals surface area contributed by atoms with Gasteiger partial charge in [0.1, 0.15) is 6.04 Å². The Morgan fingerprint density at radius 2 is 1.60 bits per heavy atom. The fourth-order valence-corrected chi connectivity index (χ4v) is 5.53. The average Bonchev–Trinajstić information content (AvgIpc) is 3.18. The van der Waals surface area contributed by atoms with Crippen LogP contribution in [0.4, 0.5) is 0 Å². The lowest BCUT2D eigenvalue weighted by Crippen LogP contribution is -2.51. The summed E-state index contributed by atoms with van der Waals surface area (Å²) in [6.07, 6.45) is 10.5. The van der Waals surface area contributed by atoms with Crippen LogP contribution < -0.4 is 10.6 Å². The quantitative estimate of drug-likeness (QED) is 0.782. The van der Waals surface area contributed by atoms with Crippen LogP contribution >= 0.6 is 0 Å². The fraction of sp³-hybridized carbons (Fsp3) is 0.625. The highest BCUT2D eigenvalue weighted by molar-refractivity contribution is 5.98. The molecular formula is C24H33N3O3. The summed E-state index contributed by atoms with van der Waals surface area (Å²) in [6.45, 7) is -0.0193. The molecule has 1 heterocycles. The summed E-state index contributed by atoms with van der Waals surface area (Å²) >= 11 is 0. The molecule has 1 aliphatic heterocycles. The van der Waals surface area contributed by atoms with E-state index in [-0.39, 0.29) is 36.3 Å². The summed E-state index contributed by atoms with van der Waals surface area (Å²) < 4.78 is 0. The second-order valence-corrected chi connectivity index (χ2v) is 9.06. The van der Waals surface area contributed by atoms with E-state index in [2.05, 4.69) is 10.6 Å². The highest BCUT2D eigenvalue weighted by atomic mass is 16.2. The molecular weight excluding hydrogens is 378 g/mol. The number of fused-ring (bicyclic) bond motifs is 1. The first kappa shape index (κ1) is 20.9. The summed E-state index contributed by atoms with van der Waals surface area (Å²) in [6, 6.07) is 9.08. The third kappa shape index (κ3) is 4.68. The number of hydrogen-bond donors (Lipinski definition) is 2. The van der Waals surface area contributed by atoms with Gasteiger partial charge in [0.25, 0.3) is 5.91 Å². The second-order valence-electron chi connectivity index (χ2n) is 9.06. The van der Waals surface area contributed by atoms with E-state index in [0.717, 1.165) is 51.4 Å². The van der Waals surface area contributed by atoms with Crippen molar-refractivity contribution in [1.29, 1.82) is 0 Å². The maximum Gasteiger partial charge on any atom is 0.254 e. The maximum absolute atomic E-state index is 13.3. The van der Waals surface area contributed by atoms with Crippen molar-refractivity contribution in [1.82, 2.24) is 15.5 Å². The van der Waals surface area contributed by atoms with Crippen LogP contribution in [-0.2, 0) is 9.59 Å². The fourth-order valence-electron chi connectivity index (χ4n) is 5.53. The van der Waals surface area contributed by atoms with E-state index < -0.39 is 6.04 Å². The van der Waals surface area contributed by atoms with Crippen LogP contribution in [-0.4, -0.2) is 47.3 Å². The monoisotopic (exact) mass is 411 g/mol. The van der Waals surface area contributed by atoms with Crippen LogP contribution in [0.15, 0.2) is 30.3 Å². The van der Waals surface area contributed by atoms with Crippen molar-refractivity contribution in [2.24, 2.45) is 5.92 Å². The van der Waals surface area contributed by atoms with Gasteiger partial charge in [0.15, 0.2) is 0 Å². The molecule has 0 radical (unpaired) electrons. The van der Waals surface area contributed by atoms with E-state index in [9.17, 15) is 14.4 Å². The van der Waals surface area contributed by atoms with Gasteiger partial charge in [0.2, 0.25) is 11.8 Å². The number of benzene rings is 1. The maximum atomic E-state index is 13.3. The number of amides is 3. The Hall–Kier alpha value is -2.37. The molecule has 1 aromatic carbocycles. The minimum absolute atomic E-state index is 0.0193. The minimum Gasteiger partial charge on any atom is -0.352 e. The number of rotatable bonds is 5. The Balaban J connectivity index is 1.40. The summed E-state index contributed by atoms with van der Waals surface area (Å²) in [5.41, 5.74) is 0.622. The molecule has 4 rings (SSSR count). The van der Waals surface area contributed by atoms with Gasteiger partial charge in [-0.1, -0.05) is 50.3 Å². The highest BCUT2D eigenvalue weighted by Gasteiger charge is 2.47. The van der Waals surface area contributed by atoms with E-state index in [0.29, 0.717) is 17.9 Å². The van der Waals surface area contributed by atoms with Gasteiger partial charge in [-0.25, -0.2) is 0 Å². The van der Waals surface area contributed by atoms with Crippen molar-refractivity contribution in [3.8, 4) is 0 Å². The lowest BCUT2D eigenvalue weighted by molar-refractivity contribution is -0.129. The standard InChI is InChI=1S/C24H33N3O3/c28-22(26-19-12-5-2-6-13-19)16-25-23(29)21-15-18-11-7-8-14-20(18)27(21)24(30)17-9-3-1-4-10-17/h1,3-4,9-10,18-21H,2,5-8,11-16H2,(H,25,29)(H,26,28). The summed E-state index contributed by atoms with van der Waals surface area (Å²) in [7, 11) is 0. The van der Waals surface area contributed by atoms with Crippen LogP contribution in [0.3, 0.4) is 0 Å². The SMILES string of the molecule is O=C(CNC(=O)C1CC2CCCCC2N1C(=O)c1ccccc1)NC1CCCCC1. The van der Waals surface area contributed by atoms with Gasteiger partial charge in [0, 0.05) is 17.6 Å². The van der Waals surface area contributed by atoms with Gasteiger partial charge in [-0.3, -0.25) is 14.4 Å². The normalized spacial score (nSPS) is 26.7. The Bertz CT molecular complexity index is 760. The van der Waals surface area contributed by atoms with Gasteiger partial charge >= 0.3 is 0 Å². The molecule has 3 fully saturated rings. The number of nitrogens with one attached hydrogen (secondary N) is 2. The van der Waals surface area contributed by atoms with E-state index in [1.54, 1.807) is 0 Å². The molecule has 0 aromatic heterocycles. The van der Waals surface area contributed by atoms with Crippen LogP contribution in [0.1, 0.15) is 74.6 Å². The third-order valence-electron chi connectivity index (χ3n) is 7.04. The predicted molar refractivity (Wildman–Crippen MR) is 115 cm³/mol. The first-order valence-electron chi connectivity index (χ1n) is 11.6. The molecule has 0 spiro atoms. The molecule has 6 nitrogen and oxygen atoms in total. The molecule has 0 bridgehead atoms. The molecule has 3 amide bonds. The zero-order valence-electron chi connectivity index (χ0n) is 17.6. The summed E-state index contributed by atoms with van der Waals surface area (Å²) in [5, 5.41) is 5.86. The number of hydrogen-bond acceptors (Lipinski definition) is 3. The molecule has 30 heavy (non-hydrogen) atoms.